The molecule has 0 bridgehead atoms. The zero-order valence-corrected chi connectivity index (χ0v) is 10.6. The molecule has 0 unspecified atom stereocenters. The summed E-state index contributed by atoms with van der Waals surface area (Å²) in [6.07, 6.45) is 6.03. The van der Waals surface area contributed by atoms with Gasteiger partial charge in [-0.15, -0.1) is 24.2 Å². The van der Waals surface area contributed by atoms with Crippen LogP contribution in [0, 0.1) is 5.92 Å². The van der Waals surface area contributed by atoms with E-state index in [0.29, 0.717) is 0 Å². The van der Waals surface area contributed by atoms with Crippen molar-refractivity contribution in [3.05, 3.63) is 29.8 Å². The summed E-state index contributed by atoms with van der Waals surface area (Å²) >= 11 is 1.77. The van der Waals surface area contributed by atoms with E-state index in [9.17, 15) is 0 Å². The number of hydrogen-bond donors (Lipinski definition) is 1. The molecule has 2 N–H and O–H groups in total. The van der Waals surface area contributed by atoms with E-state index in [4.69, 9.17) is 5.73 Å². The molecule has 0 saturated heterocycles. The van der Waals surface area contributed by atoms with Crippen molar-refractivity contribution in [1.29, 1.82) is 0 Å². The SMILES string of the molecule is CSc1ccc([C@H](N)CC2CC2)cc1.Cl. The van der Waals surface area contributed by atoms with Crippen LogP contribution in [0.25, 0.3) is 0 Å². The highest BCUT2D eigenvalue weighted by molar-refractivity contribution is 7.98. The Balaban J connectivity index is 0.00000112. The van der Waals surface area contributed by atoms with Crippen LogP contribution in [0.3, 0.4) is 0 Å². The normalized spacial score (nSPS) is 16.9. The van der Waals surface area contributed by atoms with Gasteiger partial charge in [-0.05, 0) is 36.3 Å². The Morgan fingerprint density at radius 2 is 1.93 bits per heavy atom. The first-order valence-corrected chi connectivity index (χ1v) is 6.41. The Kier molecular flexibility index (Phi) is 4.97. The van der Waals surface area contributed by atoms with Crippen LogP contribution < -0.4 is 5.73 Å². The molecule has 0 amide bonds. The lowest BCUT2D eigenvalue weighted by molar-refractivity contribution is 0.597. The Hall–Kier alpha value is -0.180. The highest BCUT2D eigenvalue weighted by Gasteiger charge is 2.24. The number of hydrogen-bond acceptors (Lipinski definition) is 2. The fourth-order valence-corrected chi connectivity index (χ4v) is 2.11. The third-order valence-electron chi connectivity index (χ3n) is 2.83. The zero-order chi connectivity index (χ0) is 9.97. The van der Waals surface area contributed by atoms with Crippen molar-refractivity contribution in [2.45, 2.75) is 30.2 Å². The van der Waals surface area contributed by atoms with E-state index in [1.807, 2.05) is 0 Å². The second kappa shape index (κ2) is 5.78. The van der Waals surface area contributed by atoms with Gasteiger partial charge in [0.2, 0.25) is 0 Å². The summed E-state index contributed by atoms with van der Waals surface area (Å²) in [7, 11) is 0. The number of halogens is 1. The van der Waals surface area contributed by atoms with Crippen molar-refractivity contribution in [1.82, 2.24) is 0 Å². The molecule has 1 atom stereocenters. The number of thioether (sulfide) groups is 1. The summed E-state index contributed by atoms with van der Waals surface area (Å²) < 4.78 is 0. The third-order valence-corrected chi connectivity index (χ3v) is 3.57. The van der Waals surface area contributed by atoms with Gasteiger partial charge in [0.1, 0.15) is 0 Å². The Morgan fingerprint density at radius 1 is 1.33 bits per heavy atom. The fraction of sp³-hybridized carbons (Fsp3) is 0.500. The van der Waals surface area contributed by atoms with Gasteiger partial charge in [-0.3, -0.25) is 0 Å². The fourth-order valence-electron chi connectivity index (χ4n) is 1.70. The van der Waals surface area contributed by atoms with Crippen molar-refractivity contribution in [2.24, 2.45) is 11.7 Å². The minimum atomic E-state index is 0. The molecule has 0 heterocycles. The van der Waals surface area contributed by atoms with Crippen molar-refractivity contribution in [3.63, 3.8) is 0 Å². The number of rotatable bonds is 4. The van der Waals surface area contributed by atoms with Gasteiger partial charge in [0.25, 0.3) is 0 Å². The summed E-state index contributed by atoms with van der Waals surface area (Å²) in [4.78, 5) is 1.31. The van der Waals surface area contributed by atoms with Gasteiger partial charge in [0.15, 0.2) is 0 Å². The molecule has 3 heteroatoms. The van der Waals surface area contributed by atoms with Crippen LogP contribution in [0.2, 0.25) is 0 Å². The molecule has 0 spiro atoms. The summed E-state index contributed by atoms with van der Waals surface area (Å²) in [6, 6.07) is 8.90. The minimum absolute atomic E-state index is 0. The van der Waals surface area contributed by atoms with Gasteiger partial charge in [-0.1, -0.05) is 25.0 Å². The predicted molar refractivity (Wildman–Crippen MR) is 69.7 cm³/mol. The molecule has 1 aliphatic rings. The molecule has 1 fully saturated rings. The Morgan fingerprint density at radius 3 is 2.40 bits per heavy atom. The molecule has 1 aromatic carbocycles. The van der Waals surface area contributed by atoms with Gasteiger partial charge in [0.05, 0.1) is 0 Å². The van der Waals surface area contributed by atoms with Gasteiger partial charge < -0.3 is 5.73 Å². The summed E-state index contributed by atoms with van der Waals surface area (Å²) in [5.74, 6) is 0.908. The molecule has 0 aliphatic heterocycles. The van der Waals surface area contributed by atoms with E-state index in [0.717, 1.165) is 5.92 Å². The van der Waals surface area contributed by atoms with Crippen molar-refractivity contribution >= 4 is 24.2 Å². The zero-order valence-electron chi connectivity index (χ0n) is 8.98. The second-order valence-corrected chi connectivity index (χ2v) is 4.94. The molecule has 2 rings (SSSR count). The van der Waals surface area contributed by atoms with Gasteiger partial charge >= 0.3 is 0 Å². The van der Waals surface area contributed by atoms with Gasteiger partial charge in [-0.25, -0.2) is 0 Å². The lowest BCUT2D eigenvalue weighted by Gasteiger charge is -2.11. The van der Waals surface area contributed by atoms with Gasteiger partial charge in [0, 0.05) is 10.9 Å². The summed E-state index contributed by atoms with van der Waals surface area (Å²) in [6.45, 7) is 0. The average molecular weight is 244 g/mol. The lowest BCUT2D eigenvalue weighted by Crippen LogP contribution is -2.10. The molecule has 1 saturated carbocycles. The van der Waals surface area contributed by atoms with Crippen molar-refractivity contribution < 1.29 is 0 Å². The summed E-state index contributed by atoms with van der Waals surface area (Å²) in [5, 5.41) is 0. The highest BCUT2D eigenvalue weighted by Crippen LogP contribution is 2.36. The largest absolute Gasteiger partial charge is 0.324 e. The summed E-state index contributed by atoms with van der Waals surface area (Å²) in [5.41, 5.74) is 7.41. The molecule has 0 aromatic heterocycles. The maximum atomic E-state index is 6.12. The van der Waals surface area contributed by atoms with Crippen LogP contribution in [0.15, 0.2) is 29.2 Å². The second-order valence-electron chi connectivity index (χ2n) is 4.06. The molecule has 1 aliphatic carbocycles. The van der Waals surface area contributed by atoms with Crippen LogP contribution in [0.1, 0.15) is 30.9 Å². The van der Waals surface area contributed by atoms with Crippen LogP contribution in [0.4, 0.5) is 0 Å². The maximum Gasteiger partial charge on any atom is 0.0297 e. The molecule has 1 nitrogen and oxygen atoms in total. The molecule has 0 radical (unpaired) electrons. The van der Waals surface area contributed by atoms with Crippen LogP contribution in [-0.4, -0.2) is 6.26 Å². The quantitative estimate of drug-likeness (QED) is 0.818. The first-order valence-electron chi connectivity index (χ1n) is 5.19. The van der Waals surface area contributed by atoms with E-state index in [-0.39, 0.29) is 18.4 Å². The standard InChI is InChI=1S/C12H17NS.ClH/c1-14-11-6-4-10(5-7-11)12(13)8-9-2-3-9;/h4-7,9,12H,2-3,8,13H2,1H3;1H/t12-;/m1./s1. The monoisotopic (exact) mass is 243 g/mol. The molecular weight excluding hydrogens is 226 g/mol. The highest BCUT2D eigenvalue weighted by atomic mass is 35.5. The lowest BCUT2D eigenvalue weighted by atomic mass is 10.0. The first kappa shape index (κ1) is 12.9. The van der Waals surface area contributed by atoms with E-state index in [1.54, 1.807) is 11.8 Å². The van der Waals surface area contributed by atoms with Crippen LogP contribution in [0.5, 0.6) is 0 Å². The molecular formula is C12H18ClNS. The maximum absolute atomic E-state index is 6.12. The van der Waals surface area contributed by atoms with Crippen LogP contribution >= 0.6 is 24.2 Å². The number of benzene rings is 1. The van der Waals surface area contributed by atoms with Crippen LogP contribution in [-0.2, 0) is 0 Å². The smallest absolute Gasteiger partial charge is 0.0297 e. The molecule has 15 heavy (non-hydrogen) atoms. The molecule has 84 valence electrons. The van der Waals surface area contributed by atoms with E-state index >= 15 is 0 Å². The Bertz CT molecular complexity index is 295. The average Bonchev–Trinajstić information content (AvgIpc) is 3.02. The van der Waals surface area contributed by atoms with E-state index in [1.165, 1.54) is 29.7 Å². The minimum Gasteiger partial charge on any atom is -0.324 e. The van der Waals surface area contributed by atoms with E-state index in [2.05, 4.69) is 30.5 Å². The van der Waals surface area contributed by atoms with Crippen molar-refractivity contribution in [3.8, 4) is 0 Å². The Labute approximate surface area is 102 Å². The van der Waals surface area contributed by atoms with Crippen molar-refractivity contribution in [2.75, 3.05) is 6.26 Å². The van der Waals surface area contributed by atoms with Gasteiger partial charge in [-0.2, -0.15) is 0 Å². The van der Waals surface area contributed by atoms with E-state index < -0.39 is 0 Å². The first-order chi connectivity index (χ1) is 6.79. The number of nitrogens with two attached hydrogens (primary N) is 1. The molecule has 1 aromatic rings. The third kappa shape index (κ3) is 3.71. The predicted octanol–water partition coefficient (Wildman–Crippen LogP) is 3.63. The topological polar surface area (TPSA) is 26.0 Å².